The van der Waals surface area contributed by atoms with E-state index in [0.717, 1.165) is 12.4 Å². The molecule has 0 unspecified atom stereocenters. The first-order valence-electron chi connectivity index (χ1n) is 7.29. The van der Waals surface area contributed by atoms with E-state index in [1.54, 1.807) is 0 Å². The number of hydrogen-bond acceptors (Lipinski definition) is 2. The van der Waals surface area contributed by atoms with E-state index < -0.39 is 16.6 Å². The minimum absolute atomic E-state index is 0.761. The number of allylic oxidation sites excluding steroid dienone is 1. The fourth-order valence-corrected chi connectivity index (χ4v) is 3.33. The Hall–Kier alpha value is -1.01. The lowest BCUT2D eigenvalue weighted by Gasteiger charge is -2.29. The molecule has 0 N–H and O–H groups in total. The molecule has 0 atom stereocenters. The van der Waals surface area contributed by atoms with Crippen LogP contribution in [0.4, 0.5) is 0 Å². The molecule has 0 aromatic heterocycles. The van der Waals surface area contributed by atoms with E-state index in [2.05, 4.69) is 70.5 Å². The summed E-state index contributed by atoms with van der Waals surface area (Å²) in [7, 11) is -3.39. The Morgan fingerprint density at radius 3 is 1.65 bits per heavy atom. The zero-order valence-electron chi connectivity index (χ0n) is 13.9. The van der Waals surface area contributed by atoms with Crippen molar-refractivity contribution in [2.45, 2.75) is 52.6 Å². The standard InChI is InChI=1S/C16H28O2Si2/c1-8-15(14-12-10-9-11-13-14)16(17-19(2,3)4)18-20(5,6)7/h9-13H,8H2,1-7H3. The van der Waals surface area contributed by atoms with Crippen LogP contribution in [0.3, 0.4) is 0 Å². The highest BCUT2D eigenvalue weighted by Crippen LogP contribution is 2.28. The van der Waals surface area contributed by atoms with Crippen LogP contribution in [0.1, 0.15) is 18.9 Å². The van der Waals surface area contributed by atoms with Gasteiger partial charge in [0.15, 0.2) is 0 Å². The van der Waals surface area contributed by atoms with Crippen LogP contribution in [0.15, 0.2) is 36.3 Å². The van der Waals surface area contributed by atoms with Gasteiger partial charge in [-0.3, -0.25) is 0 Å². The van der Waals surface area contributed by atoms with Crippen molar-refractivity contribution in [3.8, 4) is 0 Å². The van der Waals surface area contributed by atoms with Crippen molar-refractivity contribution in [1.82, 2.24) is 0 Å². The first-order chi connectivity index (χ1) is 9.12. The van der Waals surface area contributed by atoms with Gasteiger partial charge in [0.2, 0.25) is 16.6 Å². The van der Waals surface area contributed by atoms with Gasteiger partial charge in [-0.2, -0.15) is 0 Å². The van der Waals surface area contributed by atoms with E-state index in [4.69, 9.17) is 8.85 Å². The zero-order valence-corrected chi connectivity index (χ0v) is 15.9. The molecular weight excluding hydrogens is 280 g/mol. The summed E-state index contributed by atoms with van der Waals surface area (Å²) in [4.78, 5) is 0. The molecule has 20 heavy (non-hydrogen) atoms. The van der Waals surface area contributed by atoms with Crippen LogP contribution in [0.2, 0.25) is 39.3 Å². The monoisotopic (exact) mass is 308 g/mol. The zero-order chi connectivity index (χ0) is 15.4. The van der Waals surface area contributed by atoms with Crippen molar-refractivity contribution < 1.29 is 8.85 Å². The second kappa shape index (κ2) is 6.63. The van der Waals surface area contributed by atoms with E-state index >= 15 is 0 Å². The molecule has 112 valence electrons. The predicted molar refractivity (Wildman–Crippen MR) is 92.5 cm³/mol. The second-order valence-corrected chi connectivity index (χ2v) is 15.8. The topological polar surface area (TPSA) is 18.5 Å². The predicted octanol–water partition coefficient (Wildman–Crippen LogP) is 5.47. The van der Waals surface area contributed by atoms with Gasteiger partial charge in [0.05, 0.1) is 0 Å². The Bertz CT molecular complexity index is 436. The normalized spacial score (nSPS) is 11.9. The van der Waals surface area contributed by atoms with E-state index in [1.165, 1.54) is 11.1 Å². The highest BCUT2D eigenvalue weighted by Gasteiger charge is 2.26. The first-order valence-corrected chi connectivity index (χ1v) is 14.1. The fraction of sp³-hybridized carbons (Fsp3) is 0.500. The Balaban J connectivity index is 3.25. The van der Waals surface area contributed by atoms with Crippen LogP contribution in [0, 0.1) is 0 Å². The van der Waals surface area contributed by atoms with Crippen molar-refractivity contribution in [1.29, 1.82) is 0 Å². The molecule has 1 aromatic carbocycles. The van der Waals surface area contributed by atoms with Gasteiger partial charge in [-0.1, -0.05) is 37.3 Å². The van der Waals surface area contributed by atoms with E-state index in [0.29, 0.717) is 0 Å². The lowest BCUT2D eigenvalue weighted by atomic mass is 10.1. The van der Waals surface area contributed by atoms with Gasteiger partial charge in [-0.15, -0.1) is 0 Å². The molecule has 0 bridgehead atoms. The molecule has 0 fully saturated rings. The summed E-state index contributed by atoms with van der Waals surface area (Å²) >= 11 is 0. The average Bonchev–Trinajstić information content (AvgIpc) is 2.26. The number of hydrogen-bond donors (Lipinski definition) is 0. The maximum Gasteiger partial charge on any atom is 0.255 e. The molecule has 0 spiro atoms. The van der Waals surface area contributed by atoms with Gasteiger partial charge < -0.3 is 8.85 Å². The first kappa shape index (κ1) is 17.0. The molecular formula is C16H28O2Si2. The summed E-state index contributed by atoms with van der Waals surface area (Å²) in [6, 6.07) is 10.4. The molecule has 4 heteroatoms. The largest absolute Gasteiger partial charge is 0.520 e. The molecule has 0 aliphatic carbocycles. The molecule has 1 aromatic rings. The molecule has 0 heterocycles. The van der Waals surface area contributed by atoms with Gasteiger partial charge >= 0.3 is 0 Å². The van der Waals surface area contributed by atoms with Crippen LogP contribution < -0.4 is 0 Å². The summed E-state index contributed by atoms with van der Waals surface area (Å²) in [5.74, 6) is 0.761. The molecule has 0 saturated heterocycles. The number of benzene rings is 1. The van der Waals surface area contributed by atoms with Crippen LogP contribution in [0.25, 0.3) is 5.57 Å². The average molecular weight is 309 g/mol. The fourth-order valence-electron chi connectivity index (χ4n) is 1.81. The van der Waals surface area contributed by atoms with Crippen molar-refractivity contribution in [3.05, 3.63) is 41.8 Å². The lowest BCUT2D eigenvalue weighted by Crippen LogP contribution is -2.32. The highest BCUT2D eigenvalue weighted by atomic mass is 28.4. The summed E-state index contributed by atoms with van der Waals surface area (Å²) < 4.78 is 12.5. The smallest absolute Gasteiger partial charge is 0.255 e. The SMILES string of the molecule is CCC(=C(O[Si](C)(C)C)O[Si](C)(C)C)c1ccccc1. The molecule has 1 rings (SSSR count). The lowest BCUT2D eigenvalue weighted by molar-refractivity contribution is 0.218. The van der Waals surface area contributed by atoms with Crippen LogP contribution >= 0.6 is 0 Å². The Morgan fingerprint density at radius 2 is 1.30 bits per heavy atom. The van der Waals surface area contributed by atoms with Gasteiger partial charge in [0.1, 0.15) is 0 Å². The van der Waals surface area contributed by atoms with E-state index in [1.807, 2.05) is 6.07 Å². The maximum atomic E-state index is 6.25. The van der Waals surface area contributed by atoms with Gasteiger partial charge in [-0.25, -0.2) is 0 Å². The van der Waals surface area contributed by atoms with Gasteiger partial charge in [-0.05, 0) is 51.3 Å². The molecule has 0 amide bonds. The Labute approximate surface area is 126 Å². The van der Waals surface area contributed by atoms with Crippen molar-refractivity contribution in [2.24, 2.45) is 0 Å². The minimum atomic E-state index is -1.69. The minimum Gasteiger partial charge on any atom is -0.520 e. The third kappa shape index (κ3) is 5.97. The third-order valence-corrected chi connectivity index (χ3v) is 4.12. The molecule has 0 radical (unpaired) electrons. The Morgan fingerprint density at radius 1 is 0.850 bits per heavy atom. The summed E-state index contributed by atoms with van der Waals surface area (Å²) in [5.41, 5.74) is 2.37. The van der Waals surface area contributed by atoms with Gasteiger partial charge in [0, 0.05) is 5.57 Å². The van der Waals surface area contributed by atoms with Gasteiger partial charge in [0.25, 0.3) is 5.95 Å². The summed E-state index contributed by atoms with van der Waals surface area (Å²) in [5, 5.41) is 0. The quantitative estimate of drug-likeness (QED) is 0.512. The van der Waals surface area contributed by atoms with Crippen LogP contribution in [0.5, 0.6) is 0 Å². The molecule has 0 aliphatic heterocycles. The number of rotatable bonds is 6. The highest BCUT2D eigenvalue weighted by molar-refractivity contribution is 6.71. The van der Waals surface area contributed by atoms with Crippen LogP contribution in [-0.2, 0) is 8.85 Å². The summed E-state index contributed by atoms with van der Waals surface area (Å²) in [6.45, 7) is 15.3. The van der Waals surface area contributed by atoms with Crippen LogP contribution in [-0.4, -0.2) is 16.6 Å². The summed E-state index contributed by atoms with van der Waals surface area (Å²) in [6.07, 6.45) is 0.911. The van der Waals surface area contributed by atoms with E-state index in [-0.39, 0.29) is 0 Å². The van der Waals surface area contributed by atoms with Crippen molar-refractivity contribution in [2.75, 3.05) is 0 Å². The Kier molecular flexibility index (Phi) is 5.65. The maximum absolute atomic E-state index is 6.25. The molecule has 0 aliphatic rings. The van der Waals surface area contributed by atoms with Crippen molar-refractivity contribution >= 4 is 22.2 Å². The molecule has 2 nitrogen and oxygen atoms in total. The third-order valence-electron chi connectivity index (χ3n) is 2.52. The van der Waals surface area contributed by atoms with E-state index in [9.17, 15) is 0 Å². The second-order valence-electron chi connectivity index (χ2n) is 6.91. The van der Waals surface area contributed by atoms with Crippen molar-refractivity contribution in [3.63, 3.8) is 0 Å². The molecule has 0 saturated carbocycles.